The van der Waals surface area contributed by atoms with E-state index in [0.717, 1.165) is 6.61 Å². The Balaban J connectivity index is 4.26. The molecule has 0 unspecified atom stereocenters. The van der Waals surface area contributed by atoms with Gasteiger partial charge in [-0.05, 0) is 25.1 Å². The van der Waals surface area contributed by atoms with Crippen molar-refractivity contribution in [2.75, 3.05) is 6.61 Å². The van der Waals surface area contributed by atoms with Gasteiger partial charge in [-0.15, -0.1) is 0 Å². The molecule has 0 N–H and O–H groups in total. The zero-order valence-electron chi connectivity index (χ0n) is 11.3. The Labute approximate surface area is 97.7 Å². The highest BCUT2D eigenvalue weighted by Gasteiger charge is 2.31. The van der Waals surface area contributed by atoms with Crippen molar-refractivity contribution in [3.63, 3.8) is 0 Å². The second-order valence-electron chi connectivity index (χ2n) is 4.57. The molecule has 0 rings (SSSR count). The van der Waals surface area contributed by atoms with Crippen molar-refractivity contribution in [2.45, 2.75) is 77.9 Å². The van der Waals surface area contributed by atoms with Gasteiger partial charge >= 0.3 is 0 Å². The Bertz CT molecular complexity index is 120. The van der Waals surface area contributed by atoms with Gasteiger partial charge in [-0.25, -0.2) is 0 Å². The van der Waals surface area contributed by atoms with E-state index in [1.54, 1.807) is 0 Å². The molecule has 0 spiro atoms. The van der Waals surface area contributed by atoms with Crippen LogP contribution in [0, 0.1) is 0 Å². The molecule has 0 atom stereocenters. The average Bonchev–Trinajstić information content (AvgIpc) is 2.24. The van der Waals surface area contributed by atoms with Crippen LogP contribution in [0.5, 0.6) is 0 Å². The summed E-state index contributed by atoms with van der Waals surface area (Å²) >= 11 is 0. The monoisotopic (exact) mass is 230 g/mol. The molecular formula is C13H30OSi. The number of hydrogen-bond donors (Lipinski definition) is 0. The highest BCUT2D eigenvalue weighted by molar-refractivity contribution is 6.73. The Morgan fingerprint density at radius 3 is 1.60 bits per heavy atom. The van der Waals surface area contributed by atoms with E-state index in [9.17, 15) is 0 Å². The zero-order valence-corrected chi connectivity index (χ0v) is 12.3. The molecule has 0 heterocycles. The number of hydrogen-bond acceptors (Lipinski definition) is 1. The minimum absolute atomic E-state index is 0.930. The molecule has 0 aliphatic heterocycles. The lowest BCUT2D eigenvalue weighted by Crippen LogP contribution is -2.38. The van der Waals surface area contributed by atoms with Crippen molar-refractivity contribution in [2.24, 2.45) is 0 Å². The second-order valence-corrected chi connectivity index (χ2v) is 8.73. The summed E-state index contributed by atoms with van der Waals surface area (Å²) in [6.45, 7) is 9.97. The summed E-state index contributed by atoms with van der Waals surface area (Å²) in [5, 5.41) is 0. The van der Waals surface area contributed by atoms with Crippen LogP contribution in [-0.2, 0) is 4.43 Å². The van der Waals surface area contributed by atoms with Crippen molar-refractivity contribution in [1.82, 2.24) is 0 Å². The first-order valence-electron chi connectivity index (χ1n) is 6.88. The summed E-state index contributed by atoms with van der Waals surface area (Å²) in [6, 6.07) is 4.16. The van der Waals surface area contributed by atoms with E-state index in [1.807, 2.05) is 0 Å². The van der Waals surface area contributed by atoms with E-state index in [4.69, 9.17) is 4.43 Å². The van der Waals surface area contributed by atoms with E-state index in [2.05, 4.69) is 27.7 Å². The molecule has 0 saturated carbocycles. The van der Waals surface area contributed by atoms with Crippen LogP contribution < -0.4 is 0 Å². The maximum absolute atomic E-state index is 6.21. The van der Waals surface area contributed by atoms with Crippen molar-refractivity contribution < 1.29 is 4.43 Å². The zero-order chi connectivity index (χ0) is 11.6. The Morgan fingerprint density at radius 1 is 0.733 bits per heavy atom. The summed E-state index contributed by atoms with van der Waals surface area (Å²) in [7, 11) is -1.34. The van der Waals surface area contributed by atoms with Gasteiger partial charge < -0.3 is 4.43 Å². The van der Waals surface area contributed by atoms with Crippen LogP contribution in [0.25, 0.3) is 0 Å². The molecular weight excluding hydrogens is 200 g/mol. The molecule has 0 aromatic carbocycles. The van der Waals surface area contributed by atoms with Gasteiger partial charge in [0.25, 0.3) is 0 Å². The first kappa shape index (κ1) is 15.2. The molecule has 0 fully saturated rings. The highest BCUT2D eigenvalue weighted by Crippen LogP contribution is 2.28. The van der Waals surface area contributed by atoms with E-state index in [-0.39, 0.29) is 0 Å². The molecule has 0 saturated heterocycles. The second kappa shape index (κ2) is 9.41. The molecule has 0 amide bonds. The van der Waals surface area contributed by atoms with Crippen LogP contribution in [0.1, 0.15) is 59.8 Å². The van der Waals surface area contributed by atoms with Gasteiger partial charge in [0.2, 0.25) is 0 Å². The highest BCUT2D eigenvalue weighted by atomic mass is 28.4. The van der Waals surface area contributed by atoms with Crippen molar-refractivity contribution >= 4 is 8.32 Å². The predicted molar refractivity (Wildman–Crippen MR) is 71.9 cm³/mol. The van der Waals surface area contributed by atoms with Gasteiger partial charge in [-0.2, -0.15) is 0 Å². The maximum atomic E-state index is 6.21. The van der Waals surface area contributed by atoms with Crippen LogP contribution in [0.15, 0.2) is 0 Å². The van der Waals surface area contributed by atoms with E-state index in [1.165, 1.54) is 50.2 Å². The van der Waals surface area contributed by atoms with Crippen LogP contribution in [0.4, 0.5) is 0 Å². The molecule has 92 valence electrons. The third-order valence-electron chi connectivity index (χ3n) is 3.13. The fourth-order valence-electron chi connectivity index (χ4n) is 2.35. The van der Waals surface area contributed by atoms with Gasteiger partial charge in [-0.1, -0.05) is 52.9 Å². The molecule has 0 aliphatic rings. The standard InChI is InChI=1S/C13H30OSi/c1-5-9-12-15(11-7-3,14-8-4)13-10-6-2/h5-13H2,1-4H3. The normalized spacial score (nSPS) is 12.0. The Morgan fingerprint density at radius 2 is 1.27 bits per heavy atom. The molecule has 15 heavy (non-hydrogen) atoms. The van der Waals surface area contributed by atoms with Gasteiger partial charge in [0.1, 0.15) is 0 Å². The summed E-state index contributed by atoms with van der Waals surface area (Å²) in [5.74, 6) is 0. The SMILES string of the molecule is CCCC[Si](CCC)(CCCC)OCC. The third kappa shape index (κ3) is 6.36. The van der Waals surface area contributed by atoms with Crippen molar-refractivity contribution in [3.8, 4) is 0 Å². The topological polar surface area (TPSA) is 9.23 Å². The Hall–Kier alpha value is 0.177. The molecule has 0 radical (unpaired) electrons. The van der Waals surface area contributed by atoms with Gasteiger partial charge in [0.05, 0.1) is 0 Å². The minimum atomic E-state index is -1.34. The van der Waals surface area contributed by atoms with Crippen LogP contribution in [-0.4, -0.2) is 14.9 Å². The molecule has 0 aromatic heterocycles. The van der Waals surface area contributed by atoms with Crippen LogP contribution in [0.3, 0.4) is 0 Å². The minimum Gasteiger partial charge on any atom is -0.417 e. The fraction of sp³-hybridized carbons (Fsp3) is 1.00. The lowest BCUT2D eigenvalue weighted by atomic mass is 10.4. The summed E-state index contributed by atoms with van der Waals surface area (Å²) in [4.78, 5) is 0. The third-order valence-corrected chi connectivity index (χ3v) is 7.97. The average molecular weight is 230 g/mol. The Kier molecular flexibility index (Phi) is 9.52. The molecule has 0 aliphatic carbocycles. The molecule has 1 nitrogen and oxygen atoms in total. The largest absolute Gasteiger partial charge is 0.417 e. The lowest BCUT2D eigenvalue weighted by Gasteiger charge is -2.31. The van der Waals surface area contributed by atoms with E-state index < -0.39 is 8.32 Å². The van der Waals surface area contributed by atoms with E-state index in [0.29, 0.717) is 0 Å². The van der Waals surface area contributed by atoms with Gasteiger partial charge in [-0.3, -0.25) is 0 Å². The first-order valence-corrected chi connectivity index (χ1v) is 9.41. The molecule has 0 aromatic rings. The maximum Gasteiger partial charge on any atom is 0.192 e. The fourth-order valence-corrected chi connectivity index (χ4v) is 7.05. The van der Waals surface area contributed by atoms with Crippen molar-refractivity contribution in [1.29, 1.82) is 0 Å². The molecule has 0 bridgehead atoms. The quantitative estimate of drug-likeness (QED) is 0.481. The lowest BCUT2D eigenvalue weighted by molar-refractivity contribution is 0.315. The molecule has 2 heteroatoms. The summed E-state index contributed by atoms with van der Waals surface area (Å²) in [5.41, 5.74) is 0. The van der Waals surface area contributed by atoms with Gasteiger partial charge in [0, 0.05) is 6.61 Å². The first-order chi connectivity index (χ1) is 7.24. The summed E-state index contributed by atoms with van der Waals surface area (Å²) in [6.07, 6.45) is 6.68. The smallest absolute Gasteiger partial charge is 0.192 e. The van der Waals surface area contributed by atoms with E-state index >= 15 is 0 Å². The van der Waals surface area contributed by atoms with Crippen LogP contribution >= 0.6 is 0 Å². The number of rotatable bonds is 10. The number of unbranched alkanes of at least 4 members (excludes halogenated alkanes) is 2. The van der Waals surface area contributed by atoms with Gasteiger partial charge in [0.15, 0.2) is 8.32 Å². The summed E-state index contributed by atoms with van der Waals surface area (Å²) < 4.78 is 6.21. The van der Waals surface area contributed by atoms with Crippen molar-refractivity contribution in [3.05, 3.63) is 0 Å². The van der Waals surface area contributed by atoms with Crippen LogP contribution in [0.2, 0.25) is 18.1 Å². The predicted octanol–water partition coefficient (Wildman–Crippen LogP) is 4.98.